The van der Waals surface area contributed by atoms with Gasteiger partial charge in [-0.25, -0.2) is 0 Å². The Balaban J connectivity index is 2.16. The Morgan fingerprint density at radius 1 is 1.28 bits per heavy atom. The number of anilines is 1. The Hall–Kier alpha value is -0.780. The molecule has 0 spiro atoms. The van der Waals surface area contributed by atoms with Crippen molar-refractivity contribution in [3.05, 3.63) is 50.8 Å². The Morgan fingerprint density at radius 2 is 1.94 bits per heavy atom. The number of rotatable bonds is 4. The lowest BCUT2D eigenvalue weighted by molar-refractivity contribution is 0.462. The van der Waals surface area contributed by atoms with Gasteiger partial charge in [0.05, 0.1) is 10.5 Å². The molecule has 0 bridgehead atoms. The summed E-state index contributed by atoms with van der Waals surface area (Å²) in [6, 6.07) is 10.1. The Morgan fingerprint density at radius 3 is 2.44 bits per heavy atom. The average Bonchev–Trinajstić information content (AvgIpc) is 2.69. The normalized spacial score (nSPS) is 12.4. The van der Waals surface area contributed by atoms with Gasteiger partial charge >= 0.3 is 0 Å². The molecule has 3 N–H and O–H groups in total. The molecule has 0 aliphatic rings. The van der Waals surface area contributed by atoms with Crippen LogP contribution < -0.4 is 11.1 Å². The van der Waals surface area contributed by atoms with Crippen molar-refractivity contribution in [1.82, 2.24) is 0 Å². The van der Waals surface area contributed by atoms with Gasteiger partial charge in [-0.05, 0) is 57.0 Å². The minimum atomic E-state index is -0.0460. The van der Waals surface area contributed by atoms with Crippen molar-refractivity contribution < 1.29 is 4.42 Å². The van der Waals surface area contributed by atoms with E-state index in [0.717, 1.165) is 15.9 Å². The summed E-state index contributed by atoms with van der Waals surface area (Å²) in [5.41, 5.74) is 8.05. The van der Waals surface area contributed by atoms with E-state index in [-0.39, 0.29) is 6.04 Å². The quantitative estimate of drug-likeness (QED) is 0.843. The molecule has 1 unspecified atom stereocenters. The molecule has 0 saturated heterocycles. The van der Waals surface area contributed by atoms with E-state index in [4.69, 9.17) is 10.2 Å². The number of nitrogens with two attached hydrogens (primary N) is 1. The van der Waals surface area contributed by atoms with Crippen molar-refractivity contribution in [2.75, 3.05) is 11.9 Å². The van der Waals surface area contributed by atoms with Gasteiger partial charge in [0, 0.05) is 12.2 Å². The molecule has 0 fully saturated rings. The third kappa shape index (κ3) is 3.16. The maximum Gasteiger partial charge on any atom is 0.183 e. The highest BCUT2D eigenvalue weighted by molar-refractivity contribution is 9.13. The van der Waals surface area contributed by atoms with Crippen LogP contribution in [0.3, 0.4) is 0 Å². The Bertz CT molecular complexity index is 503. The van der Waals surface area contributed by atoms with E-state index in [1.807, 2.05) is 18.2 Å². The lowest BCUT2D eigenvalue weighted by Gasteiger charge is -2.15. The van der Waals surface area contributed by atoms with Crippen LogP contribution in [0.4, 0.5) is 5.69 Å². The number of nitrogens with one attached hydrogen (secondary N) is 1. The van der Waals surface area contributed by atoms with Crippen LogP contribution in [-0.4, -0.2) is 6.54 Å². The minimum absolute atomic E-state index is 0.0460. The first kappa shape index (κ1) is 13.6. The first-order valence-corrected chi connectivity index (χ1v) is 7.16. The van der Waals surface area contributed by atoms with E-state index < -0.39 is 0 Å². The highest BCUT2D eigenvalue weighted by Crippen LogP contribution is 2.31. The molecule has 1 aromatic heterocycles. The summed E-state index contributed by atoms with van der Waals surface area (Å²) in [6.45, 7) is 2.52. The summed E-state index contributed by atoms with van der Waals surface area (Å²) in [5, 5.41) is 3.35. The van der Waals surface area contributed by atoms with Crippen LogP contribution >= 0.6 is 31.9 Å². The topological polar surface area (TPSA) is 51.2 Å². The van der Waals surface area contributed by atoms with Crippen molar-refractivity contribution in [2.24, 2.45) is 5.73 Å². The summed E-state index contributed by atoms with van der Waals surface area (Å²) in [4.78, 5) is 0. The number of hydrogen-bond donors (Lipinski definition) is 2. The van der Waals surface area contributed by atoms with E-state index in [0.29, 0.717) is 11.2 Å². The van der Waals surface area contributed by atoms with Gasteiger partial charge in [0.2, 0.25) is 0 Å². The van der Waals surface area contributed by atoms with Gasteiger partial charge in [-0.1, -0.05) is 17.7 Å². The van der Waals surface area contributed by atoms with E-state index >= 15 is 0 Å². The van der Waals surface area contributed by atoms with Crippen molar-refractivity contribution in [2.45, 2.75) is 13.0 Å². The molecule has 1 aromatic carbocycles. The van der Waals surface area contributed by atoms with Gasteiger partial charge < -0.3 is 15.5 Å². The van der Waals surface area contributed by atoms with Crippen molar-refractivity contribution in [3.8, 4) is 0 Å². The van der Waals surface area contributed by atoms with E-state index in [1.54, 1.807) is 0 Å². The third-order valence-electron chi connectivity index (χ3n) is 2.64. The van der Waals surface area contributed by atoms with E-state index in [9.17, 15) is 0 Å². The van der Waals surface area contributed by atoms with Crippen LogP contribution in [-0.2, 0) is 0 Å². The monoisotopic (exact) mass is 372 g/mol. The lowest BCUT2D eigenvalue weighted by atomic mass is 10.2. The predicted molar refractivity (Wildman–Crippen MR) is 80.7 cm³/mol. The SMILES string of the molecule is Cc1ccc(NC(CN)c2cc(Br)c(Br)o2)cc1. The van der Waals surface area contributed by atoms with Crippen LogP contribution in [0.2, 0.25) is 0 Å². The second-order valence-corrected chi connectivity index (χ2v) is 5.64. The fourth-order valence-corrected chi connectivity index (χ4v) is 2.24. The molecule has 96 valence electrons. The van der Waals surface area contributed by atoms with Gasteiger partial charge in [0.25, 0.3) is 0 Å². The Kier molecular flexibility index (Phi) is 4.48. The predicted octanol–water partition coefficient (Wildman–Crippen LogP) is 4.22. The highest BCUT2D eigenvalue weighted by Gasteiger charge is 2.16. The lowest BCUT2D eigenvalue weighted by Crippen LogP contribution is -2.20. The molecule has 0 amide bonds. The smallest absolute Gasteiger partial charge is 0.183 e. The molecule has 0 aliphatic carbocycles. The zero-order valence-corrected chi connectivity index (χ0v) is 13.1. The molecule has 2 aromatic rings. The zero-order valence-electron chi connectivity index (χ0n) is 9.91. The second kappa shape index (κ2) is 5.91. The molecule has 0 radical (unpaired) electrons. The van der Waals surface area contributed by atoms with Crippen molar-refractivity contribution >= 4 is 37.5 Å². The fourth-order valence-electron chi connectivity index (χ4n) is 1.63. The molecular formula is C13H14Br2N2O. The first-order valence-electron chi connectivity index (χ1n) is 5.58. The summed E-state index contributed by atoms with van der Waals surface area (Å²) in [6.07, 6.45) is 0. The van der Waals surface area contributed by atoms with Gasteiger partial charge in [-0.15, -0.1) is 0 Å². The summed E-state index contributed by atoms with van der Waals surface area (Å²) in [7, 11) is 0. The second-order valence-electron chi connectivity index (χ2n) is 4.07. The molecule has 1 heterocycles. The number of furan rings is 1. The summed E-state index contributed by atoms with van der Waals surface area (Å²) < 4.78 is 7.16. The molecule has 3 nitrogen and oxygen atoms in total. The number of benzene rings is 1. The minimum Gasteiger partial charge on any atom is -0.451 e. The molecule has 1 atom stereocenters. The molecular weight excluding hydrogens is 360 g/mol. The standard InChI is InChI=1S/C13H14Br2N2O/c1-8-2-4-9(5-3-8)17-11(7-16)12-6-10(14)13(15)18-12/h2-6,11,17H,7,16H2,1H3. The molecule has 0 aliphatic heterocycles. The average molecular weight is 374 g/mol. The zero-order chi connectivity index (χ0) is 13.1. The van der Waals surface area contributed by atoms with E-state index in [1.165, 1.54) is 5.56 Å². The van der Waals surface area contributed by atoms with Gasteiger partial charge in [-0.2, -0.15) is 0 Å². The fraction of sp³-hybridized carbons (Fsp3) is 0.231. The highest BCUT2D eigenvalue weighted by atomic mass is 79.9. The molecule has 18 heavy (non-hydrogen) atoms. The number of hydrogen-bond acceptors (Lipinski definition) is 3. The molecule has 0 saturated carbocycles. The maximum atomic E-state index is 5.79. The molecule has 5 heteroatoms. The largest absolute Gasteiger partial charge is 0.451 e. The Labute approximate surface area is 123 Å². The van der Waals surface area contributed by atoms with Crippen LogP contribution in [0.5, 0.6) is 0 Å². The summed E-state index contributed by atoms with van der Waals surface area (Å²) >= 11 is 6.73. The van der Waals surface area contributed by atoms with Gasteiger partial charge in [-0.3, -0.25) is 0 Å². The van der Waals surface area contributed by atoms with Crippen LogP contribution in [0, 0.1) is 6.92 Å². The van der Waals surface area contributed by atoms with E-state index in [2.05, 4.69) is 56.2 Å². The van der Waals surface area contributed by atoms with Gasteiger partial charge in [0.1, 0.15) is 5.76 Å². The van der Waals surface area contributed by atoms with Crippen LogP contribution in [0.1, 0.15) is 17.4 Å². The number of halogens is 2. The van der Waals surface area contributed by atoms with Crippen LogP contribution in [0.15, 0.2) is 43.9 Å². The van der Waals surface area contributed by atoms with Crippen molar-refractivity contribution in [1.29, 1.82) is 0 Å². The molecule has 2 rings (SSSR count). The van der Waals surface area contributed by atoms with Crippen molar-refractivity contribution in [3.63, 3.8) is 0 Å². The van der Waals surface area contributed by atoms with Gasteiger partial charge in [0.15, 0.2) is 4.67 Å². The van der Waals surface area contributed by atoms with Crippen LogP contribution in [0.25, 0.3) is 0 Å². The summed E-state index contributed by atoms with van der Waals surface area (Å²) in [5.74, 6) is 0.803. The maximum absolute atomic E-state index is 5.79. The number of aryl methyl sites for hydroxylation is 1. The first-order chi connectivity index (χ1) is 8.60. The third-order valence-corrected chi connectivity index (χ3v) is 4.35.